The Hall–Kier alpha value is -4.79. The van der Waals surface area contributed by atoms with Crippen LogP contribution >= 0.6 is 0 Å². The van der Waals surface area contributed by atoms with Gasteiger partial charge in [0.2, 0.25) is 0 Å². The highest BCUT2D eigenvalue weighted by Gasteiger charge is 2.29. The predicted molar refractivity (Wildman–Crippen MR) is 123 cm³/mol. The number of esters is 1. The standard InChI is InChI=1S/C24H18N6O3/c1-33-24(32)16-9-12-18-19(13-16)26-23(31)20(18)21(14-5-3-2-4-6-14)25-17-10-7-15(8-11-17)22-27-29-30-28-22/h2-13,25H,1H3,(H,26,31)(H,27,28,29,30). The van der Waals surface area contributed by atoms with E-state index in [2.05, 4.69) is 31.3 Å². The van der Waals surface area contributed by atoms with Gasteiger partial charge >= 0.3 is 5.97 Å². The molecular weight excluding hydrogens is 420 g/mol. The number of anilines is 2. The van der Waals surface area contributed by atoms with Crippen LogP contribution in [0.15, 0.2) is 72.8 Å². The first-order valence-corrected chi connectivity index (χ1v) is 10.1. The van der Waals surface area contributed by atoms with Crippen LogP contribution in [0.5, 0.6) is 0 Å². The van der Waals surface area contributed by atoms with E-state index in [9.17, 15) is 9.59 Å². The van der Waals surface area contributed by atoms with Crippen LogP contribution in [0.4, 0.5) is 11.4 Å². The molecule has 1 aromatic heterocycles. The Morgan fingerprint density at radius 3 is 2.45 bits per heavy atom. The lowest BCUT2D eigenvalue weighted by Crippen LogP contribution is -2.10. The maximum Gasteiger partial charge on any atom is 0.337 e. The summed E-state index contributed by atoms with van der Waals surface area (Å²) in [6.07, 6.45) is 0. The maximum absolute atomic E-state index is 13.0. The van der Waals surface area contributed by atoms with Gasteiger partial charge in [-0.2, -0.15) is 0 Å². The van der Waals surface area contributed by atoms with Gasteiger partial charge in [0.25, 0.3) is 5.91 Å². The Labute approximate surface area is 188 Å². The zero-order valence-electron chi connectivity index (χ0n) is 17.5. The average molecular weight is 438 g/mol. The van der Waals surface area contributed by atoms with E-state index in [0.717, 1.165) is 16.8 Å². The minimum Gasteiger partial charge on any atom is -0.465 e. The van der Waals surface area contributed by atoms with E-state index < -0.39 is 5.97 Å². The second-order valence-electron chi connectivity index (χ2n) is 7.27. The van der Waals surface area contributed by atoms with Crippen molar-refractivity contribution in [2.45, 2.75) is 0 Å². The molecule has 3 N–H and O–H groups in total. The van der Waals surface area contributed by atoms with Crippen molar-refractivity contribution in [3.63, 3.8) is 0 Å². The number of aromatic nitrogens is 4. The second kappa shape index (κ2) is 8.39. The van der Waals surface area contributed by atoms with E-state index in [1.54, 1.807) is 18.2 Å². The lowest BCUT2D eigenvalue weighted by molar-refractivity contribution is -0.110. The molecule has 3 aromatic carbocycles. The van der Waals surface area contributed by atoms with Gasteiger partial charge in [0.15, 0.2) is 5.82 Å². The van der Waals surface area contributed by atoms with Gasteiger partial charge in [-0.1, -0.05) is 36.4 Å². The number of carbonyl (C=O) groups is 2. The number of benzene rings is 3. The molecule has 0 radical (unpaired) electrons. The highest BCUT2D eigenvalue weighted by Crippen LogP contribution is 2.38. The molecule has 0 saturated carbocycles. The van der Waals surface area contributed by atoms with Crippen molar-refractivity contribution in [1.29, 1.82) is 0 Å². The third-order valence-electron chi connectivity index (χ3n) is 5.27. The summed E-state index contributed by atoms with van der Waals surface area (Å²) in [7, 11) is 1.32. The van der Waals surface area contributed by atoms with E-state index >= 15 is 0 Å². The normalized spacial score (nSPS) is 13.8. The number of methoxy groups -OCH3 is 1. The highest BCUT2D eigenvalue weighted by molar-refractivity contribution is 6.37. The summed E-state index contributed by atoms with van der Waals surface area (Å²) >= 11 is 0. The number of H-pyrrole nitrogens is 1. The van der Waals surface area contributed by atoms with Crippen molar-refractivity contribution >= 4 is 34.5 Å². The first-order valence-electron chi connectivity index (χ1n) is 10.1. The van der Waals surface area contributed by atoms with E-state index in [4.69, 9.17) is 4.74 Å². The number of hydrogen-bond acceptors (Lipinski definition) is 7. The van der Waals surface area contributed by atoms with Crippen molar-refractivity contribution in [1.82, 2.24) is 20.6 Å². The number of tetrazole rings is 1. The van der Waals surface area contributed by atoms with Crippen LogP contribution in [0.1, 0.15) is 21.5 Å². The summed E-state index contributed by atoms with van der Waals surface area (Å²) in [5.74, 6) is -0.163. The average Bonchev–Trinajstić information content (AvgIpc) is 3.50. The Morgan fingerprint density at radius 1 is 0.970 bits per heavy atom. The topological polar surface area (TPSA) is 122 Å². The van der Waals surface area contributed by atoms with Crippen molar-refractivity contribution in [3.8, 4) is 11.4 Å². The SMILES string of the molecule is COC(=O)c1ccc2c(c1)NC(=O)C2=C(Nc1ccc(-c2nnn[nH]2)cc1)c1ccccc1. The number of carbonyl (C=O) groups excluding carboxylic acids is 2. The number of nitrogens with one attached hydrogen (secondary N) is 3. The molecule has 1 aliphatic heterocycles. The zero-order chi connectivity index (χ0) is 22.8. The summed E-state index contributed by atoms with van der Waals surface area (Å²) in [6, 6.07) is 22.1. The molecule has 4 aromatic rings. The van der Waals surface area contributed by atoms with E-state index in [-0.39, 0.29) is 5.91 Å². The number of nitrogens with zero attached hydrogens (tertiary/aromatic N) is 3. The van der Waals surface area contributed by atoms with E-state index in [1.807, 2.05) is 54.6 Å². The van der Waals surface area contributed by atoms with Gasteiger partial charge in [-0.25, -0.2) is 9.89 Å². The minimum atomic E-state index is -0.465. The number of hydrogen-bond donors (Lipinski definition) is 3. The van der Waals surface area contributed by atoms with Crippen LogP contribution in [0.2, 0.25) is 0 Å². The number of ether oxygens (including phenoxy) is 1. The summed E-state index contributed by atoms with van der Waals surface area (Å²) in [4.78, 5) is 25.0. The largest absolute Gasteiger partial charge is 0.465 e. The monoisotopic (exact) mass is 438 g/mol. The minimum absolute atomic E-state index is 0.261. The highest BCUT2D eigenvalue weighted by atomic mass is 16.5. The van der Waals surface area contributed by atoms with E-state index in [1.165, 1.54) is 7.11 Å². The van der Waals surface area contributed by atoms with Crippen molar-refractivity contribution < 1.29 is 14.3 Å². The molecule has 9 heteroatoms. The number of aromatic amines is 1. The second-order valence-corrected chi connectivity index (χ2v) is 7.27. The molecule has 0 saturated heterocycles. The molecule has 0 unspecified atom stereocenters. The van der Waals surface area contributed by atoms with Gasteiger partial charge in [0.05, 0.1) is 29.6 Å². The number of rotatable bonds is 5. The van der Waals surface area contributed by atoms with Crippen LogP contribution < -0.4 is 10.6 Å². The Bertz CT molecular complexity index is 1360. The lowest BCUT2D eigenvalue weighted by Gasteiger charge is -2.15. The molecule has 0 spiro atoms. The molecule has 0 fully saturated rings. The fraction of sp³-hybridized carbons (Fsp3) is 0.0417. The Morgan fingerprint density at radius 2 is 1.76 bits per heavy atom. The fourth-order valence-electron chi connectivity index (χ4n) is 3.69. The fourth-order valence-corrected chi connectivity index (χ4v) is 3.69. The van der Waals surface area contributed by atoms with Crippen LogP contribution in [-0.4, -0.2) is 39.6 Å². The molecule has 5 rings (SSSR count). The molecule has 2 heterocycles. The third-order valence-corrected chi connectivity index (χ3v) is 5.27. The Kier molecular flexibility index (Phi) is 5.12. The molecule has 162 valence electrons. The molecule has 33 heavy (non-hydrogen) atoms. The quantitative estimate of drug-likeness (QED) is 0.322. The molecule has 0 bridgehead atoms. The molecule has 0 aliphatic carbocycles. The van der Waals surface area contributed by atoms with Gasteiger partial charge in [0.1, 0.15) is 0 Å². The number of fused-ring (bicyclic) bond motifs is 1. The molecule has 1 aliphatic rings. The molecule has 9 nitrogen and oxygen atoms in total. The van der Waals surface area contributed by atoms with Crippen molar-refractivity contribution in [3.05, 3.63) is 89.5 Å². The Balaban J connectivity index is 1.58. The van der Waals surface area contributed by atoms with Crippen LogP contribution in [0, 0.1) is 0 Å². The van der Waals surface area contributed by atoms with E-state index in [0.29, 0.717) is 33.9 Å². The summed E-state index contributed by atoms with van der Waals surface area (Å²) in [5, 5.41) is 20.1. The van der Waals surface area contributed by atoms with Crippen LogP contribution in [-0.2, 0) is 9.53 Å². The summed E-state index contributed by atoms with van der Waals surface area (Å²) in [5.41, 5.74) is 5.21. The van der Waals surface area contributed by atoms with Gasteiger partial charge in [-0.3, -0.25) is 4.79 Å². The van der Waals surface area contributed by atoms with Crippen molar-refractivity contribution in [2.24, 2.45) is 0 Å². The molecule has 1 amide bonds. The van der Waals surface area contributed by atoms with Gasteiger partial charge in [-0.05, 0) is 52.4 Å². The molecular formula is C24H18N6O3. The first-order chi connectivity index (χ1) is 16.1. The molecule has 0 atom stereocenters. The van der Waals surface area contributed by atoms with Gasteiger partial charge in [-0.15, -0.1) is 5.10 Å². The zero-order valence-corrected chi connectivity index (χ0v) is 17.5. The summed E-state index contributed by atoms with van der Waals surface area (Å²) in [6.45, 7) is 0. The van der Waals surface area contributed by atoms with Gasteiger partial charge < -0.3 is 15.4 Å². The van der Waals surface area contributed by atoms with Crippen LogP contribution in [0.3, 0.4) is 0 Å². The van der Waals surface area contributed by atoms with Crippen molar-refractivity contribution in [2.75, 3.05) is 17.7 Å². The third kappa shape index (κ3) is 3.83. The summed E-state index contributed by atoms with van der Waals surface area (Å²) < 4.78 is 4.79. The van der Waals surface area contributed by atoms with Gasteiger partial charge in [0, 0.05) is 16.8 Å². The maximum atomic E-state index is 13.0. The first kappa shape index (κ1) is 20.1. The number of amides is 1. The predicted octanol–water partition coefficient (Wildman–Crippen LogP) is 3.59. The lowest BCUT2D eigenvalue weighted by atomic mass is 9.99. The van der Waals surface area contributed by atoms with Crippen LogP contribution in [0.25, 0.3) is 22.7 Å². The smallest absolute Gasteiger partial charge is 0.337 e.